The Balaban J connectivity index is 2.14. The normalized spacial score (nSPS) is 10.0. The van der Waals surface area contributed by atoms with E-state index in [-0.39, 0.29) is 5.91 Å². The molecule has 0 unspecified atom stereocenters. The van der Waals surface area contributed by atoms with Crippen LogP contribution in [0.2, 0.25) is 5.02 Å². The zero-order chi connectivity index (χ0) is 12.3. The summed E-state index contributed by atoms with van der Waals surface area (Å²) in [5.74, 6) is -0.115. The molecule has 1 amide bonds. The van der Waals surface area contributed by atoms with Crippen LogP contribution in [0, 0.1) is 6.92 Å². The molecule has 0 saturated heterocycles. The number of hydrogen-bond donors (Lipinski definition) is 1. The van der Waals surface area contributed by atoms with Crippen LogP contribution in [0.3, 0.4) is 0 Å². The van der Waals surface area contributed by atoms with E-state index in [9.17, 15) is 4.79 Å². The Morgan fingerprint density at radius 3 is 2.47 bits per heavy atom. The summed E-state index contributed by atoms with van der Waals surface area (Å²) in [7, 11) is 0. The molecular formula is C14H12ClNO. The molecule has 2 rings (SSSR count). The van der Waals surface area contributed by atoms with E-state index in [1.807, 2.05) is 25.1 Å². The average Bonchev–Trinajstić information content (AvgIpc) is 2.32. The van der Waals surface area contributed by atoms with E-state index >= 15 is 0 Å². The van der Waals surface area contributed by atoms with E-state index in [4.69, 9.17) is 11.6 Å². The number of halogens is 1. The Kier molecular flexibility index (Phi) is 3.45. The lowest BCUT2D eigenvalue weighted by Crippen LogP contribution is -2.11. The van der Waals surface area contributed by atoms with Crippen LogP contribution >= 0.6 is 11.6 Å². The summed E-state index contributed by atoms with van der Waals surface area (Å²) in [5.41, 5.74) is 2.45. The maximum atomic E-state index is 11.9. The number of hydrogen-bond acceptors (Lipinski definition) is 1. The third kappa shape index (κ3) is 3.08. The summed E-state index contributed by atoms with van der Waals surface area (Å²) in [5, 5.41) is 3.47. The van der Waals surface area contributed by atoms with Crippen molar-refractivity contribution in [3.05, 3.63) is 64.7 Å². The Hall–Kier alpha value is -1.80. The Morgan fingerprint density at radius 1 is 1.12 bits per heavy atom. The summed E-state index contributed by atoms with van der Waals surface area (Å²) in [6.07, 6.45) is 0. The molecule has 0 aliphatic heterocycles. The van der Waals surface area contributed by atoms with E-state index in [1.54, 1.807) is 30.3 Å². The summed E-state index contributed by atoms with van der Waals surface area (Å²) >= 11 is 5.77. The van der Waals surface area contributed by atoms with Crippen LogP contribution in [0.5, 0.6) is 0 Å². The molecule has 0 radical (unpaired) electrons. The number of carbonyl (C=O) groups is 1. The van der Waals surface area contributed by atoms with Crippen molar-refractivity contribution in [3.63, 3.8) is 0 Å². The maximum Gasteiger partial charge on any atom is 0.255 e. The van der Waals surface area contributed by atoms with Gasteiger partial charge in [0.2, 0.25) is 0 Å². The molecule has 0 spiro atoms. The summed E-state index contributed by atoms with van der Waals surface area (Å²) in [6, 6.07) is 14.5. The lowest BCUT2D eigenvalue weighted by atomic mass is 10.1. The molecule has 0 heterocycles. The molecule has 0 atom stereocenters. The fourth-order valence-electron chi connectivity index (χ4n) is 1.52. The van der Waals surface area contributed by atoms with Crippen LogP contribution in [0.1, 0.15) is 15.9 Å². The van der Waals surface area contributed by atoms with Gasteiger partial charge < -0.3 is 5.32 Å². The quantitative estimate of drug-likeness (QED) is 0.854. The molecule has 0 aliphatic carbocycles. The van der Waals surface area contributed by atoms with Crippen LogP contribution < -0.4 is 5.32 Å². The second-order valence-corrected chi connectivity index (χ2v) is 4.27. The van der Waals surface area contributed by atoms with Crippen molar-refractivity contribution in [2.45, 2.75) is 6.92 Å². The summed E-state index contributed by atoms with van der Waals surface area (Å²) in [4.78, 5) is 11.9. The lowest BCUT2D eigenvalue weighted by molar-refractivity contribution is 0.102. The fraction of sp³-hybridized carbons (Fsp3) is 0.0714. The first kappa shape index (κ1) is 11.7. The van der Waals surface area contributed by atoms with E-state index < -0.39 is 0 Å². The third-order valence-corrected chi connectivity index (χ3v) is 2.63. The molecule has 1 N–H and O–H groups in total. The number of benzene rings is 2. The van der Waals surface area contributed by atoms with Gasteiger partial charge >= 0.3 is 0 Å². The van der Waals surface area contributed by atoms with Gasteiger partial charge in [-0.3, -0.25) is 4.79 Å². The number of nitrogens with one attached hydrogen (secondary N) is 1. The molecule has 2 nitrogen and oxygen atoms in total. The molecule has 0 fully saturated rings. The van der Waals surface area contributed by atoms with Gasteiger partial charge in [0.15, 0.2) is 0 Å². The van der Waals surface area contributed by atoms with E-state index in [0.29, 0.717) is 10.6 Å². The van der Waals surface area contributed by atoms with Crippen molar-refractivity contribution >= 4 is 23.2 Å². The first-order valence-electron chi connectivity index (χ1n) is 5.29. The topological polar surface area (TPSA) is 29.1 Å². The molecule has 17 heavy (non-hydrogen) atoms. The second-order valence-electron chi connectivity index (χ2n) is 3.83. The van der Waals surface area contributed by atoms with Crippen molar-refractivity contribution in [2.24, 2.45) is 0 Å². The minimum Gasteiger partial charge on any atom is -0.322 e. The van der Waals surface area contributed by atoms with Crippen molar-refractivity contribution < 1.29 is 4.79 Å². The molecule has 0 aromatic heterocycles. The zero-order valence-electron chi connectivity index (χ0n) is 9.41. The number of anilines is 1. The fourth-order valence-corrected chi connectivity index (χ4v) is 1.65. The minimum absolute atomic E-state index is 0.115. The predicted molar refractivity (Wildman–Crippen MR) is 70.6 cm³/mol. The first-order chi connectivity index (χ1) is 8.15. The van der Waals surface area contributed by atoms with E-state index in [1.165, 1.54) is 0 Å². The van der Waals surface area contributed by atoms with Gasteiger partial charge in [-0.2, -0.15) is 0 Å². The monoisotopic (exact) mass is 245 g/mol. The van der Waals surface area contributed by atoms with Gasteiger partial charge in [0.1, 0.15) is 0 Å². The highest BCUT2D eigenvalue weighted by Crippen LogP contribution is 2.14. The number of carbonyl (C=O) groups excluding carboxylic acids is 1. The molecular weight excluding hydrogens is 234 g/mol. The largest absolute Gasteiger partial charge is 0.322 e. The van der Waals surface area contributed by atoms with Crippen molar-refractivity contribution in [1.82, 2.24) is 0 Å². The highest BCUT2D eigenvalue weighted by molar-refractivity contribution is 6.30. The van der Waals surface area contributed by atoms with E-state index in [0.717, 1.165) is 11.3 Å². The van der Waals surface area contributed by atoms with Crippen LogP contribution in [0.15, 0.2) is 48.5 Å². The zero-order valence-corrected chi connectivity index (χ0v) is 10.2. The molecule has 3 heteroatoms. The van der Waals surface area contributed by atoms with Gasteiger partial charge in [-0.15, -0.1) is 0 Å². The highest BCUT2D eigenvalue weighted by atomic mass is 35.5. The van der Waals surface area contributed by atoms with Gasteiger partial charge in [-0.25, -0.2) is 0 Å². The molecule has 2 aromatic carbocycles. The van der Waals surface area contributed by atoms with Gasteiger partial charge in [0, 0.05) is 16.3 Å². The second kappa shape index (κ2) is 5.02. The van der Waals surface area contributed by atoms with Crippen molar-refractivity contribution in [1.29, 1.82) is 0 Å². The standard InChI is InChI=1S/C14H12ClNO/c1-10-3-2-4-11(9-10)14(17)16-13-7-5-12(15)6-8-13/h2-9H,1H3,(H,16,17). The van der Waals surface area contributed by atoms with Crippen LogP contribution in [0.4, 0.5) is 5.69 Å². The molecule has 2 aromatic rings. The Morgan fingerprint density at radius 2 is 1.82 bits per heavy atom. The van der Waals surface area contributed by atoms with E-state index in [2.05, 4.69) is 5.32 Å². The number of amides is 1. The Bertz CT molecular complexity index is 534. The summed E-state index contributed by atoms with van der Waals surface area (Å²) < 4.78 is 0. The van der Waals surface area contributed by atoms with Gasteiger partial charge in [0.25, 0.3) is 5.91 Å². The predicted octanol–water partition coefficient (Wildman–Crippen LogP) is 3.90. The molecule has 0 aliphatic rings. The van der Waals surface area contributed by atoms with Crippen molar-refractivity contribution in [3.8, 4) is 0 Å². The maximum absolute atomic E-state index is 11.9. The van der Waals surface area contributed by atoms with Gasteiger partial charge in [-0.1, -0.05) is 29.3 Å². The van der Waals surface area contributed by atoms with Crippen LogP contribution in [-0.4, -0.2) is 5.91 Å². The SMILES string of the molecule is Cc1cccc(C(=O)Nc2ccc(Cl)cc2)c1. The molecule has 86 valence electrons. The van der Waals surface area contributed by atoms with Crippen LogP contribution in [0.25, 0.3) is 0 Å². The highest BCUT2D eigenvalue weighted by Gasteiger charge is 2.05. The smallest absolute Gasteiger partial charge is 0.255 e. The van der Waals surface area contributed by atoms with Gasteiger partial charge in [0.05, 0.1) is 0 Å². The number of aryl methyl sites for hydroxylation is 1. The lowest BCUT2D eigenvalue weighted by Gasteiger charge is -2.05. The molecule has 0 bridgehead atoms. The first-order valence-corrected chi connectivity index (χ1v) is 5.66. The summed E-state index contributed by atoms with van der Waals surface area (Å²) in [6.45, 7) is 1.96. The number of rotatable bonds is 2. The molecule has 0 saturated carbocycles. The van der Waals surface area contributed by atoms with Crippen molar-refractivity contribution in [2.75, 3.05) is 5.32 Å². The minimum atomic E-state index is -0.115. The van der Waals surface area contributed by atoms with Crippen LogP contribution in [-0.2, 0) is 0 Å². The average molecular weight is 246 g/mol. The third-order valence-electron chi connectivity index (χ3n) is 2.38. The Labute approximate surface area is 105 Å². The van der Waals surface area contributed by atoms with Gasteiger partial charge in [-0.05, 0) is 43.3 Å².